The van der Waals surface area contributed by atoms with Crippen molar-refractivity contribution < 1.29 is 27.9 Å². The molecule has 3 N–H and O–H groups in total. The number of amides is 1. The summed E-state index contributed by atoms with van der Waals surface area (Å²) >= 11 is 0. The van der Waals surface area contributed by atoms with Gasteiger partial charge in [-0.1, -0.05) is 60.7 Å². The summed E-state index contributed by atoms with van der Waals surface area (Å²) in [5.41, 5.74) is 1.04. The molecule has 0 aliphatic heterocycles. The highest BCUT2D eigenvalue weighted by molar-refractivity contribution is 7.89. The molecule has 0 heterocycles. The number of aliphatic carboxylic acids is 1. The molecule has 0 spiro atoms. The molecule has 4 rings (SSSR count). The van der Waals surface area contributed by atoms with Gasteiger partial charge in [0.15, 0.2) is 0 Å². The number of fused-ring (bicyclic) bond motifs is 1. The second-order valence-corrected chi connectivity index (χ2v) is 10.7. The number of benzene rings is 3. The van der Waals surface area contributed by atoms with E-state index in [0.717, 1.165) is 16.3 Å². The van der Waals surface area contributed by atoms with Crippen LogP contribution < -0.4 is 10.0 Å². The van der Waals surface area contributed by atoms with Crippen LogP contribution in [-0.2, 0) is 31.0 Å². The third-order valence-electron chi connectivity index (χ3n) is 6.25. The number of ether oxygens (including phenoxy) is 1. The second kappa shape index (κ2) is 11.6. The summed E-state index contributed by atoms with van der Waals surface area (Å²) in [6.07, 6.45) is 1.79. The van der Waals surface area contributed by atoms with Gasteiger partial charge < -0.3 is 15.2 Å². The minimum atomic E-state index is -4.15. The van der Waals surface area contributed by atoms with Crippen molar-refractivity contribution >= 4 is 32.7 Å². The summed E-state index contributed by atoms with van der Waals surface area (Å²) in [4.78, 5) is 25.1. The molecule has 36 heavy (non-hydrogen) atoms. The number of sulfonamides is 1. The van der Waals surface area contributed by atoms with Crippen molar-refractivity contribution in [2.45, 2.75) is 36.8 Å². The molecule has 3 aromatic carbocycles. The lowest BCUT2D eigenvalue weighted by Crippen LogP contribution is -2.53. The van der Waals surface area contributed by atoms with E-state index in [1.165, 1.54) is 12.1 Å². The fraction of sp³-hybridized carbons (Fsp3) is 0.333. The van der Waals surface area contributed by atoms with Crippen molar-refractivity contribution in [1.29, 1.82) is 0 Å². The number of rotatable bonds is 13. The zero-order valence-corrected chi connectivity index (χ0v) is 20.6. The lowest BCUT2D eigenvalue weighted by Gasteiger charge is -2.24. The van der Waals surface area contributed by atoms with Gasteiger partial charge in [-0.3, -0.25) is 9.59 Å². The van der Waals surface area contributed by atoms with Crippen LogP contribution in [0.25, 0.3) is 10.8 Å². The molecule has 1 saturated carbocycles. The monoisotopic (exact) mass is 510 g/mol. The Hall–Kier alpha value is -3.27. The first-order chi connectivity index (χ1) is 17.3. The lowest BCUT2D eigenvalue weighted by atomic mass is 9.94. The maximum absolute atomic E-state index is 13.2. The summed E-state index contributed by atoms with van der Waals surface area (Å²) in [5, 5.41) is 14.1. The van der Waals surface area contributed by atoms with E-state index in [-0.39, 0.29) is 17.4 Å². The van der Waals surface area contributed by atoms with Gasteiger partial charge >= 0.3 is 5.97 Å². The summed E-state index contributed by atoms with van der Waals surface area (Å²) in [5.74, 6) is -3.23. The Morgan fingerprint density at radius 2 is 1.67 bits per heavy atom. The highest BCUT2D eigenvalue weighted by atomic mass is 32.2. The lowest BCUT2D eigenvalue weighted by molar-refractivity contribution is -0.146. The highest BCUT2D eigenvalue weighted by Gasteiger charge is 2.46. The highest BCUT2D eigenvalue weighted by Crippen LogP contribution is 2.39. The van der Waals surface area contributed by atoms with Crippen LogP contribution in [0.4, 0.5) is 0 Å². The van der Waals surface area contributed by atoms with Gasteiger partial charge in [-0.15, -0.1) is 0 Å². The average molecular weight is 511 g/mol. The molecule has 1 aliphatic carbocycles. The van der Waals surface area contributed by atoms with Crippen molar-refractivity contribution in [2.24, 2.45) is 11.8 Å². The number of hydrogen-bond donors (Lipinski definition) is 3. The molecule has 0 bridgehead atoms. The Labute approximate surface area is 210 Å². The van der Waals surface area contributed by atoms with Crippen LogP contribution in [0, 0.1) is 11.8 Å². The second-order valence-electron chi connectivity index (χ2n) is 8.99. The van der Waals surface area contributed by atoms with Gasteiger partial charge in [-0.05, 0) is 53.6 Å². The van der Waals surface area contributed by atoms with Crippen LogP contribution in [0.1, 0.15) is 24.8 Å². The smallest absolute Gasteiger partial charge is 0.308 e. The van der Waals surface area contributed by atoms with E-state index in [2.05, 4.69) is 10.0 Å². The summed E-state index contributed by atoms with van der Waals surface area (Å²) in [7, 11) is -4.15. The predicted molar refractivity (Wildman–Crippen MR) is 136 cm³/mol. The molecule has 0 radical (unpaired) electrons. The molecule has 1 fully saturated rings. The first-order valence-corrected chi connectivity index (χ1v) is 13.5. The van der Waals surface area contributed by atoms with E-state index in [1.807, 2.05) is 42.5 Å². The van der Waals surface area contributed by atoms with Crippen LogP contribution in [0.3, 0.4) is 0 Å². The molecule has 0 aromatic heterocycles. The molecule has 9 heteroatoms. The number of hydrogen-bond acceptors (Lipinski definition) is 5. The largest absolute Gasteiger partial charge is 0.481 e. The van der Waals surface area contributed by atoms with Crippen LogP contribution in [0.5, 0.6) is 0 Å². The summed E-state index contributed by atoms with van der Waals surface area (Å²) in [6.45, 7) is 1.08. The Bertz CT molecular complexity index is 1310. The SMILES string of the molecule is O=C(NCCCOCc1ccccc1)C(NS(=O)(=O)c1ccc2ccccc2c1)[C@@H](C(=O)O)C1CC1. The molecular weight excluding hydrogens is 480 g/mol. The number of carbonyl (C=O) groups is 2. The van der Waals surface area contributed by atoms with Crippen LogP contribution >= 0.6 is 0 Å². The van der Waals surface area contributed by atoms with Gasteiger partial charge in [0.1, 0.15) is 6.04 Å². The van der Waals surface area contributed by atoms with E-state index in [1.54, 1.807) is 18.2 Å². The van der Waals surface area contributed by atoms with Gasteiger partial charge in [0, 0.05) is 13.2 Å². The Kier molecular flexibility index (Phi) is 8.35. The molecule has 8 nitrogen and oxygen atoms in total. The number of carboxylic acid groups (broad SMARTS) is 1. The quantitative estimate of drug-likeness (QED) is 0.303. The van der Waals surface area contributed by atoms with E-state index >= 15 is 0 Å². The van der Waals surface area contributed by atoms with Gasteiger partial charge in [0.05, 0.1) is 17.4 Å². The van der Waals surface area contributed by atoms with Crippen LogP contribution in [-0.4, -0.2) is 44.6 Å². The molecule has 2 atom stereocenters. The molecule has 0 saturated heterocycles. The fourth-order valence-electron chi connectivity index (χ4n) is 4.19. The summed E-state index contributed by atoms with van der Waals surface area (Å²) < 4.78 is 34.4. The molecule has 1 unspecified atom stereocenters. The molecule has 1 aliphatic rings. The Morgan fingerprint density at radius 3 is 2.36 bits per heavy atom. The summed E-state index contributed by atoms with van der Waals surface area (Å²) in [6, 6.07) is 20.3. The molecule has 3 aromatic rings. The van der Waals surface area contributed by atoms with Crippen molar-refractivity contribution in [3.63, 3.8) is 0 Å². The van der Waals surface area contributed by atoms with Crippen LogP contribution in [0.2, 0.25) is 0 Å². The van der Waals surface area contributed by atoms with E-state index in [4.69, 9.17) is 4.74 Å². The van der Waals surface area contributed by atoms with Crippen molar-refractivity contribution in [3.05, 3.63) is 78.4 Å². The first kappa shape index (κ1) is 25.8. The first-order valence-electron chi connectivity index (χ1n) is 12.0. The van der Waals surface area contributed by atoms with Gasteiger partial charge in [0.25, 0.3) is 0 Å². The molecule has 190 valence electrons. The van der Waals surface area contributed by atoms with Crippen molar-refractivity contribution in [1.82, 2.24) is 10.0 Å². The van der Waals surface area contributed by atoms with Gasteiger partial charge in [-0.2, -0.15) is 4.72 Å². The maximum atomic E-state index is 13.2. The number of nitrogens with one attached hydrogen (secondary N) is 2. The third-order valence-corrected chi connectivity index (χ3v) is 7.68. The van der Waals surface area contributed by atoms with Gasteiger partial charge in [-0.25, -0.2) is 8.42 Å². The zero-order chi connectivity index (χ0) is 25.5. The minimum absolute atomic E-state index is 0.0201. The number of carbonyl (C=O) groups excluding carboxylic acids is 1. The topological polar surface area (TPSA) is 122 Å². The normalized spacial score (nSPS) is 15.3. The molecular formula is C27H30N2O6S. The predicted octanol–water partition coefficient (Wildman–Crippen LogP) is 3.32. The van der Waals surface area contributed by atoms with Crippen molar-refractivity contribution in [3.8, 4) is 0 Å². The fourth-order valence-corrected chi connectivity index (χ4v) is 5.44. The van der Waals surface area contributed by atoms with E-state index in [0.29, 0.717) is 32.5 Å². The van der Waals surface area contributed by atoms with E-state index in [9.17, 15) is 23.1 Å². The Balaban J connectivity index is 1.41. The van der Waals surface area contributed by atoms with E-state index < -0.39 is 33.9 Å². The van der Waals surface area contributed by atoms with Gasteiger partial charge in [0.2, 0.25) is 15.9 Å². The number of carboxylic acids is 1. The minimum Gasteiger partial charge on any atom is -0.481 e. The maximum Gasteiger partial charge on any atom is 0.308 e. The van der Waals surface area contributed by atoms with Crippen molar-refractivity contribution in [2.75, 3.05) is 13.2 Å². The average Bonchev–Trinajstić information content (AvgIpc) is 3.70. The zero-order valence-electron chi connectivity index (χ0n) is 19.8. The third kappa shape index (κ3) is 6.69. The Morgan fingerprint density at radius 1 is 0.972 bits per heavy atom. The van der Waals surface area contributed by atoms with Crippen LogP contribution in [0.15, 0.2) is 77.7 Å². The molecule has 1 amide bonds. The standard InChI is InChI=1S/C27H30N2O6S/c30-26(28-15-6-16-35-18-19-7-2-1-3-8-19)25(24(27(31)32)21-11-12-21)29-36(33,34)23-14-13-20-9-4-5-10-22(20)17-23/h1-5,7-10,13-14,17,21,24-25,29H,6,11-12,15-16,18H2,(H,28,30)(H,31,32)/t24-,25?/m0/s1.